The molecule has 1 amide bonds. The third-order valence-electron chi connectivity index (χ3n) is 2.73. The van der Waals surface area contributed by atoms with E-state index in [-0.39, 0.29) is 18.6 Å². The Hall–Kier alpha value is -1.55. The van der Waals surface area contributed by atoms with Crippen molar-refractivity contribution in [1.29, 1.82) is 0 Å². The van der Waals surface area contributed by atoms with Gasteiger partial charge in [-0.25, -0.2) is 0 Å². The maximum absolute atomic E-state index is 11.5. The molecule has 0 saturated heterocycles. The zero-order chi connectivity index (χ0) is 13.5. The highest BCUT2D eigenvalue weighted by atomic mass is 16.5. The summed E-state index contributed by atoms with van der Waals surface area (Å²) in [5, 5.41) is 12.3. The molecular formula is C14H21NO3. The van der Waals surface area contributed by atoms with Crippen LogP contribution in [0.2, 0.25) is 0 Å². The fourth-order valence-corrected chi connectivity index (χ4v) is 1.43. The van der Waals surface area contributed by atoms with E-state index in [0.717, 1.165) is 12.0 Å². The van der Waals surface area contributed by atoms with Gasteiger partial charge in [0.2, 0.25) is 0 Å². The topological polar surface area (TPSA) is 58.6 Å². The van der Waals surface area contributed by atoms with Crippen molar-refractivity contribution >= 4 is 5.91 Å². The van der Waals surface area contributed by atoms with Gasteiger partial charge < -0.3 is 15.2 Å². The third-order valence-corrected chi connectivity index (χ3v) is 2.73. The lowest BCUT2D eigenvalue weighted by Gasteiger charge is -2.12. The van der Waals surface area contributed by atoms with Crippen LogP contribution in [-0.4, -0.2) is 23.7 Å². The van der Waals surface area contributed by atoms with Crippen molar-refractivity contribution in [3.05, 3.63) is 29.8 Å². The minimum Gasteiger partial charge on any atom is -0.484 e. The molecule has 0 saturated carbocycles. The summed E-state index contributed by atoms with van der Waals surface area (Å²) in [6.07, 6.45) is 0.353. The summed E-state index contributed by atoms with van der Waals surface area (Å²) in [5.74, 6) is 0.458. The first-order chi connectivity index (χ1) is 8.52. The van der Waals surface area contributed by atoms with Gasteiger partial charge in [-0.3, -0.25) is 4.79 Å². The van der Waals surface area contributed by atoms with Gasteiger partial charge in [-0.2, -0.15) is 0 Å². The van der Waals surface area contributed by atoms with Crippen molar-refractivity contribution in [3.63, 3.8) is 0 Å². The molecule has 1 rings (SSSR count). The first-order valence-electron chi connectivity index (χ1n) is 6.23. The number of rotatable bonds is 6. The molecule has 2 unspecified atom stereocenters. The summed E-state index contributed by atoms with van der Waals surface area (Å²) in [6.45, 7) is 5.65. The van der Waals surface area contributed by atoms with Crippen molar-refractivity contribution in [3.8, 4) is 5.75 Å². The van der Waals surface area contributed by atoms with Gasteiger partial charge in [0.25, 0.3) is 5.91 Å². The van der Waals surface area contributed by atoms with E-state index in [1.54, 1.807) is 25.1 Å². The molecule has 0 aromatic heterocycles. The Labute approximate surface area is 108 Å². The number of ether oxygens (including phenoxy) is 1. The van der Waals surface area contributed by atoms with E-state index in [1.165, 1.54) is 0 Å². The van der Waals surface area contributed by atoms with E-state index in [1.807, 2.05) is 19.9 Å². The van der Waals surface area contributed by atoms with Gasteiger partial charge in [-0.15, -0.1) is 0 Å². The summed E-state index contributed by atoms with van der Waals surface area (Å²) >= 11 is 0. The van der Waals surface area contributed by atoms with E-state index in [0.29, 0.717) is 5.75 Å². The number of hydrogen-bond donors (Lipinski definition) is 2. The van der Waals surface area contributed by atoms with Crippen molar-refractivity contribution < 1.29 is 14.6 Å². The van der Waals surface area contributed by atoms with Crippen LogP contribution in [0.4, 0.5) is 0 Å². The maximum Gasteiger partial charge on any atom is 0.258 e. The monoisotopic (exact) mass is 251 g/mol. The predicted molar refractivity (Wildman–Crippen MR) is 70.5 cm³/mol. The smallest absolute Gasteiger partial charge is 0.258 e. The average molecular weight is 251 g/mol. The highest BCUT2D eigenvalue weighted by Crippen LogP contribution is 2.18. The molecule has 0 aliphatic heterocycles. The van der Waals surface area contributed by atoms with Crippen LogP contribution in [0.15, 0.2) is 24.3 Å². The number of aliphatic hydroxyl groups is 1. The number of aliphatic hydroxyl groups excluding tert-OH is 1. The lowest BCUT2D eigenvalue weighted by atomic mass is 10.1. The molecule has 18 heavy (non-hydrogen) atoms. The molecule has 0 spiro atoms. The van der Waals surface area contributed by atoms with E-state index in [4.69, 9.17) is 4.74 Å². The maximum atomic E-state index is 11.5. The fraction of sp³-hybridized carbons (Fsp3) is 0.500. The lowest BCUT2D eigenvalue weighted by Crippen LogP contribution is -2.35. The second kappa shape index (κ2) is 7.01. The molecule has 4 nitrogen and oxygen atoms in total. The minimum atomic E-state index is -0.539. The normalized spacial score (nSPS) is 13.8. The van der Waals surface area contributed by atoms with Gasteiger partial charge in [-0.1, -0.05) is 19.1 Å². The number of benzene rings is 1. The second-order valence-electron chi connectivity index (χ2n) is 4.41. The number of carbonyl (C=O) groups excluding carboxylic acids is 1. The number of nitrogens with one attached hydrogen (secondary N) is 1. The SMILES string of the molecule is CCC(C)NC(=O)COc1cccc(C(C)O)c1. The Morgan fingerprint density at radius 3 is 2.78 bits per heavy atom. The lowest BCUT2D eigenvalue weighted by molar-refractivity contribution is -0.123. The molecule has 1 aromatic carbocycles. The summed E-state index contributed by atoms with van der Waals surface area (Å²) in [7, 11) is 0. The van der Waals surface area contributed by atoms with Crippen LogP contribution >= 0.6 is 0 Å². The molecule has 100 valence electrons. The zero-order valence-corrected chi connectivity index (χ0v) is 11.1. The van der Waals surface area contributed by atoms with Gasteiger partial charge in [0.1, 0.15) is 5.75 Å². The summed E-state index contributed by atoms with van der Waals surface area (Å²) in [6, 6.07) is 7.27. The Morgan fingerprint density at radius 1 is 1.44 bits per heavy atom. The number of carbonyl (C=O) groups is 1. The van der Waals surface area contributed by atoms with Crippen LogP contribution in [0.1, 0.15) is 38.9 Å². The van der Waals surface area contributed by atoms with Gasteiger partial charge in [-0.05, 0) is 38.0 Å². The Kier molecular flexibility index (Phi) is 5.65. The zero-order valence-electron chi connectivity index (χ0n) is 11.1. The highest BCUT2D eigenvalue weighted by Gasteiger charge is 2.07. The third kappa shape index (κ3) is 4.75. The van der Waals surface area contributed by atoms with Crippen molar-refractivity contribution in [2.45, 2.75) is 39.3 Å². The quantitative estimate of drug-likeness (QED) is 0.813. The highest BCUT2D eigenvalue weighted by molar-refractivity contribution is 5.77. The molecule has 4 heteroatoms. The first kappa shape index (κ1) is 14.5. The van der Waals surface area contributed by atoms with Gasteiger partial charge in [0.15, 0.2) is 6.61 Å². The molecule has 0 fully saturated rings. The van der Waals surface area contributed by atoms with Crippen LogP contribution < -0.4 is 10.1 Å². The minimum absolute atomic E-state index is 0.00635. The summed E-state index contributed by atoms with van der Waals surface area (Å²) < 4.78 is 5.38. The largest absolute Gasteiger partial charge is 0.484 e. The molecule has 1 aromatic rings. The van der Waals surface area contributed by atoms with Crippen LogP contribution in [0, 0.1) is 0 Å². The molecule has 0 bridgehead atoms. The first-order valence-corrected chi connectivity index (χ1v) is 6.23. The molecule has 2 N–H and O–H groups in total. The van der Waals surface area contributed by atoms with Crippen LogP contribution in [0.3, 0.4) is 0 Å². The number of hydrogen-bond acceptors (Lipinski definition) is 3. The van der Waals surface area contributed by atoms with Crippen molar-refractivity contribution in [1.82, 2.24) is 5.32 Å². The van der Waals surface area contributed by atoms with Crippen LogP contribution in [-0.2, 0) is 4.79 Å². The molecule has 0 aliphatic rings. The van der Waals surface area contributed by atoms with Gasteiger partial charge in [0.05, 0.1) is 6.10 Å². The van der Waals surface area contributed by atoms with Crippen LogP contribution in [0.25, 0.3) is 0 Å². The van der Waals surface area contributed by atoms with Crippen molar-refractivity contribution in [2.24, 2.45) is 0 Å². The summed E-state index contributed by atoms with van der Waals surface area (Å²) in [5.41, 5.74) is 0.773. The second-order valence-corrected chi connectivity index (χ2v) is 4.41. The Bertz CT molecular complexity index is 390. The van der Waals surface area contributed by atoms with Gasteiger partial charge in [0, 0.05) is 6.04 Å². The molecular weight excluding hydrogens is 230 g/mol. The number of amides is 1. The summed E-state index contributed by atoms with van der Waals surface area (Å²) in [4.78, 5) is 11.5. The molecule has 0 radical (unpaired) electrons. The molecule has 0 heterocycles. The standard InChI is InChI=1S/C14H21NO3/c1-4-10(2)15-14(17)9-18-13-7-5-6-12(8-13)11(3)16/h5-8,10-11,16H,4,9H2,1-3H3,(H,15,17). The average Bonchev–Trinajstić information content (AvgIpc) is 2.36. The fourth-order valence-electron chi connectivity index (χ4n) is 1.43. The molecule has 2 atom stereocenters. The Morgan fingerprint density at radius 2 is 2.17 bits per heavy atom. The predicted octanol–water partition coefficient (Wildman–Crippen LogP) is 2.03. The Balaban J connectivity index is 2.48. The van der Waals surface area contributed by atoms with E-state index >= 15 is 0 Å². The van der Waals surface area contributed by atoms with Crippen molar-refractivity contribution in [2.75, 3.05) is 6.61 Å². The van der Waals surface area contributed by atoms with E-state index in [2.05, 4.69) is 5.32 Å². The van der Waals surface area contributed by atoms with Gasteiger partial charge >= 0.3 is 0 Å². The molecule has 0 aliphatic carbocycles. The van der Waals surface area contributed by atoms with Crippen LogP contribution in [0.5, 0.6) is 5.75 Å². The van der Waals surface area contributed by atoms with E-state index in [9.17, 15) is 9.90 Å². The van der Waals surface area contributed by atoms with E-state index < -0.39 is 6.10 Å².